The third kappa shape index (κ3) is 5.10. The molecule has 1 aliphatic heterocycles. The lowest BCUT2D eigenvalue weighted by Gasteiger charge is -2.29. The lowest BCUT2D eigenvalue weighted by molar-refractivity contribution is 0.589. The molecule has 5 nitrogen and oxygen atoms in total. The Hall–Kier alpha value is -2.27. The maximum absolute atomic E-state index is 5.98. The zero-order valence-corrected chi connectivity index (χ0v) is 15.1. The molecular formula is C20H29N5. The monoisotopic (exact) mass is 339 g/mol. The van der Waals surface area contributed by atoms with Crippen LogP contribution in [-0.2, 0) is 6.42 Å². The van der Waals surface area contributed by atoms with Crippen molar-refractivity contribution in [3.05, 3.63) is 47.7 Å². The molecule has 0 saturated carbocycles. The molecule has 3 rings (SSSR count). The number of unbranched alkanes of at least 4 members (excludes halogenated alkanes) is 1. The van der Waals surface area contributed by atoms with Crippen LogP contribution in [0.15, 0.2) is 36.4 Å². The normalized spacial score (nSPS) is 14.5. The number of anilines is 3. The molecule has 5 heteroatoms. The summed E-state index contributed by atoms with van der Waals surface area (Å²) < 4.78 is 0. The molecule has 1 saturated heterocycles. The molecule has 4 N–H and O–H groups in total. The Bertz CT molecular complexity index is 662. The Kier molecular flexibility index (Phi) is 6.12. The quantitative estimate of drug-likeness (QED) is 0.677. The van der Waals surface area contributed by atoms with Crippen molar-refractivity contribution in [2.24, 2.45) is 0 Å². The summed E-state index contributed by atoms with van der Waals surface area (Å²) in [5, 5.41) is 6.82. The van der Waals surface area contributed by atoms with Gasteiger partial charge in [-0.3, -0.25) is 0 Å². The Balaban J connectivity index is 1.65. The molecule has 134 valence electrons. The molecule has 0 unspecified atom stereocenters. The summed E-state index contributed by atoms with van der Waals surface area (Å²) >= 11 is 0. The van der Waals surface area contributed by atoms with Gasteiger partial charge in [0.1, 0.15) is 5.82 Å². The highest BCUT2D eigenvalue weighted by molar-refractivity contribution is 5.53. The molecule has 0 amide bonds. The van der Waals surface area contributed by atoms with Crippen molar-refractivity contribution in [2.75, 3.05) is 48.7 Å². The molecule has 0 atom stereocenters. The van der Waals surface area contributed by atoms with Gasteiger partial charge in [-0.2, -0.15) is 0 Å². The van der Waals surface area contributed by atoms with Crippen LogP contribution in [0.5, 0.6) is 0 Å². The van der Waals surface area contributed by atoms with E-state index in [1.54, 1.807) is 0 Å². The fraction of sp³-hybridized carbons (Fsp3) is 0.450. The number of hydrogen-bond donors (Lipinski definition) is 3. The summed E-state index contributed by atoms with van der Waals surface area (Å²) in [4.78, 5) is 6.91. The van der Waals surface area contributed by atoms with Crippen LogP contribution in [0, 0.1) is 0 Å². The van der Waals surface area contributed by atoms with Crippen LogP contribution >= 0.6 is 0 Å². The summed E-state index contributed by atoms with van der Waals surface area (Å²) in [6.07, 6.45) is 3.14. The van der Waals surface area contributed by atoms with Crippen molar-refractivity contribution < 1.29 is 0 Å². The maximum atomic E-state index is 5.98. The smallest absolute Gasteiger partial charge is 0.125 e. The number of nitrogen functional groups attached to an aromatic ring is 1. The Morgan fingerprint density at radius 2 is 1.92 bits per heavy atom. The van der Waals surface area contributed by atoms with E-state index in [1.165, 1.54) is 17.7 Å². The molecule has 1 aromatic heterocycles. The second-order valence-corrected chi connectivity index (χ2v) is 6.63. The molecule has 2 aromatic rings. The molecule has 0 aliphatic carbocycles. The van der Waals surface area contributed by atoms with E-state index < -0.39 is 0 Å². The third-order valence-corrected chi connectivity index (χ3v) is 4.56. The number of nitrogens with two attached hydrogens (primary N) is 1. The Labute approximate surface area is 150 Å². The van der Waals surface area contributed by atoms with Crippen molar-refractivity contribution in [2.45, 2.75) is 26.2 Å². The van der Waals surface area contributed by atoms with Crippen LogP contribution in [0.3, 0.4) is 0 Å². The largest absolute Gasteiger partial charge is 0.385 e. The SMILES string of the molecule is CCCCNc1cc(N)nc(Cc2ccc(N3CCNCC3)cc2)c1. The Morgan fingerprint density at radius 3 is 2.64 bits per heavy atom. The highest BCUT2D eigenvalue weighted by atomic mass is 15.2. The van der Waals surface area contributed by atoms with Crippen LogP contribution in [-0.4, -0.2) is 37.7 Å². The van der Waals surface area contributed by atoms with Gasteiger partial charge in [-0.05, 0) is 30.2 Å². The molecule has 2 heterocycles. The Morgan fingerprint density at radius 1 is 1.16 bits per heavy atom. The lowest BCUT2D eigenvalue weighted by Crippen LogP contribution is -2.43. The number of nitrogens with zero attached hydrogens (tertiary/aromatic N) is 2. The van der Waals surface area contributed by atoms with E-state index in [4.69, 9.17) is 5.73 Å². The van der Waals surface area contributed by atoms with Gasteiger partial charge in [-0.15, -0.1) is 0 Å². The van der Waals surface area contributed by atoms with E-state index in [1.807, 2.05) is 6.07 Å². The summed E-state index contributed by atoms with van der Waals surface area (Å²) in [6, 6.07) is 12.8. The number of rotatable bonds is 7. The average molecular weight is 339 g/mol. The molecule has 0 radical (unpaired) electrons. The molecule has 0 bridgehead atoms. The van der Waals surface area contributed by atoms with Crippen LogP contribution in [0.25, 0.3) is 0 Å². The second kappa shape index (κ2) is 8.72. The van der Waals surface area contributed by atoms with Crippen molar-refractivity contribution in [3.63, 3.8) is 0 Å². The number of aromatic nitrogens is 1. The third-order valence-electron chi connectivity index (χ3n) is 4.56. The fourth-order valence-electron chi connectivity index (χ4n) is 3.17. The van der Waals surface area contributed by atoms with E-state index in [2.05, 4.69) is 57.8 Å². The maximum Gasteiger partial charge on any atom is 0.125 e. The number of pyridine rings is 1. The number of piperazine rings is 1. The zero-order chi connectivity index (χ0) is 17.5. The first kappa shape index (κ1) is 17.5. The first-order valence-electron chi connectivity index (χ1n) is 9.29. The van der Waals surface area contributed by atoms with Crippen LogP contribution in [0.2, 0.25) is 0 Å². The minimum absolute atomic E-state index is 0.578. The number of nitrogens with one attached hydrogen (secondary N) is 2. The van der Waals surface area contributed by atoms with Crippen molar-refractivity contribution in [1.82, 2.24) is 10.3 Å². The van der Waals surface area contributed by atoms with E-state index in [-0.39, 0.29) is 0 Å². The summed E-state index contributed by atoms with van der Waals surface area (Å²) in [7, 11) is 0. The van der Waals surface area contributed by atoms with Gasteiger partial charge in [0.05, 0.1) is 0 Å². The van der Waals surface area contributed by atoms with Crippen molar-refractivity contribution in [3.8, 4) is 0 Å². The molecule has 1 aromatic carbocycles. The number of benzene rings is 1. The molecular weight excluding hydrogens is 310 g/mol. The topological polar surface area (TPSA) is 66.2 Å². The average Bonchev–Trinajstić information content (AvgIpc) is 2.63. The molecule has 0 spiro atoms. The zero-order valence-electron chi connectivity index (χ0n) is 15.1. The predicted molar refractivity (Wildman–Crippen MR) is 106 cm³/mol. The van der Waals surface area contributed by atoms with Gasteiger partial charge in [0.2, 0.25) is 0 Å². The van der Waals surface area contributed by atoms with Crippen LogP contribution in [0.1, 0.15) is 31.0 Å². The van der Waals surface area contributed by atoms with Gasteiger partial charge in [0.25, 0.3) is 0 Å². The first-order valence-corrected chi connectivity index (χ1v) is 9.29. The van der Waals surface area contributed by atoms with Crippen LogP contribution < -0.4 is 21.3 Å². The van der Waals surface area contributed by atoms with Gasteiger partial charge in [-0.25, -0.2) is 4.98 Å². The molecule has 1 aliphatic rings. The minimum Gasteiger partial charge on any atom is -0.385 e. The minimum atomic E-state index is 0.578. The highest BCUT2D eigenvalue weighted by Gasteiger charge is 2.10. The first-order chi connectivity index (χ1) is 12.2. The summed E-state index contributed by atoms with van der Waals surface area (Å²) in [6.45, 7) is 7.42. The van der Waals surface area contributed by atoms with E-state index in [0.29, 0.717) is 5.82 Å². The van der Waals surface area contributed by atoms with Crippen molar-refractivity contribution in [1.29, 1.82) is 0 Å². The fourth-order valence-corrected chi connectivity index (χ4v) is 3.17. The van der Waals surface area contributed by atoms with Gasteiger partial charge in [0.15, 0.2) is 0 Å². The molecule has 1 fully saturated rings. The lowest BCUT2D eigenvalue weighted by atomic mass is 10.1. The van der Waals surface area contributed by atoms with Gasteiger partial charge < -0.3 is 21.3 Å². The number of hydrogen-bond acceptors (Lipinski definition) is 5. The van der Waals surface area contributed by atoms with Crippen molar-refractivity contribution >= 4 is 17.2 Å². The van der Waals surface area contributed by atoms with E-state index in [9.17, 15) is 0 Å². The molecule has 25 heavy (non-hydrogen) atoms. The van der Waals surface area contributed by atoms with Gasteiger partial charge in [0, 0.05) is 62.3 Å². The highest BCUT2D eigenvalue weighted by Crippen LogP contribution is 2.19. The van der Waals surface area contributed by atoms with E-state index in [0.717, 1.165) is 56.9 Å². The summed E-state index contributed by atoms with van der Waals surface area (Å²) in [5.74, 6) is 0.578. The predicted octanol–water partition coefficient (Wildman–Crippen LogP) is 2.88. The second-order valence-electron chi connectivity index (χ2n) is 6.63. The van der Waals surface area contributed by atoms with Gasteiger partial charge in [-0.1, -0.05) is 25.5 Å². The summed E-state index contributed by atoms with van der Waals surface area (Å²) in [5.41, 5.74) is 10.6. The standard InChI is InChI=1S/C20H29N5/c1-2-3-8-23-17-14-18(24-20(21)15-17)13-16-4-6-19(7-5-16)25-11-9-22-10-12-25/h4-7,14-15,22H,2-3,8-13H2,1H3,(H3,21,23,24). The van der Waals surface area contributed by atoms with Crippen LogP contribution in [0.4, 0.5) is 17.2 Å². The van der Waals surface area contributed by atoms with E-state index >= 15 is 0 Å². The van der Waals surface area contributed by atoms with Gasteiger partial charge >= 0.3 is 0 Å².